The third-order valence-electron chi connectivity index (χ3n) is 5.01. The third kappa shape index (κ3) is 5.78. The minimum absolute atomic E-state index is 0. The summed E-state index contributed by atoms with van der Waals surface area (Å²) in [7, 11) is 2.72. The quantitative estimate of drug-likeness (QED) is 0.0668. The predicted octanol–water partition coefficient (Wildman–Crippen LogP) is -5.94. The number of rotatable bonds is 8. The number of carbonyl (C=O) groups excluding carboxylic acids is 3. The molecular weight excluding hydrogens is 559 g/mol. The Kier molecular flexibility index (Phi) is 9.24. The number of nitrogen functional groups attached to an aromatic ring is 1. The summed E-state index contributed by atoms with van der Waals surface area (Å²) >= 11 is 3.35. The number of aromatic nitrogens is 4. The van der Waals surface area contributed by atoms with E-state index in [0.717, 1.165) is 28.0 Å². The van der Waals surface area contributed by atoms with Crippen LogP contribution in [0.15, 0.2) is 36.6 Å². The normalized spacial score (nSPS) is 19.0. The molecule has 1 saturated heterocycles. The van der Waals surface area contributed by atoms with Crippen molar-refractivity contribution in [1.29, 1.82) is 0 Å². The van der Waals surface area contributed by atoms with Gasteiger partial charge in [0.1, 0.15) is 24.2 Å². The zero-order valence-corrected chi connectivity index (χ0v) is 24.0. The van der Waals surface area contributed by atoms with E-state index < -0.39 is 40.3 Å². The molecule has 19 heteroatoms. The number of H-pyrrole nitrogens is 1. The van der Waals surface area contributed by atoms with Crippen LogP contribution < -0.4 is 56.8 Å². The van der Waals surface area contributed by atoms with Gasteiger partial charge in [-0.25, -0.2) is 4.98 Å². The summed E-state index contributed by atoms with van der Waals surface area (Å²) in [5, 5.41) is 21.6. The molecule has 2 aliphatic rings. The van der Waals surface area contributed by atoms with Gasteiger partial charge in [-0.3, -0.25) is 33.9 Å². The number of aromatic amines is 1. The molecule has 4 heterocycles. The molecule has 2 amide bonds. The number of nitrogens with zero attached hydrogens (tertiary/aromatic N) is 5. The van der Waals surface area contributed by atoms with Crippen LogP contribution in [-0.4, -0.2) is 78.2 Å². The molecule has 2 aromatic rings. The van der Waals surface area contributed by atoms with Gasteiger partial charge in [0.25, 0.3) is 11.8 Å². The van der Waals surface area contributed by atoms with Crippen LogP contribution in [0.5, 0.6) is 0 Å². The maximum absolute atomic E-state index is 12.9. The van der Waals surface area contributed by atoms with Gasteiger partial charge in [0.15, 0.2) is 16.0 Å². The molecule has 2 atom stereocenters. The van der Waals surface area contributed by atoms with Crippen LogP contribution in [0.25, 0.3) is 0 Å². The Hall–Kier alpha value is -2.64. The van der Waals surface area contributed by atoms with Crippen molar-refractivity contribution in [3.63, 3.8) is 0 Å². The standard InChI is InChI=1S/C18H18N8O7S3.Na/c1-25-18(22-12(28)13(29)23-25)36-4-6-3-34-15-9(14(30)26(15)10(6)16(31)32)21-11(27)8(24-33-2)7-5-35-17(19)20-7;/h5,9,15H,3-4H2,1-2H3,(H2,19,20)(H,21,27)(H,23,29)(H,31,32);/q;+1/p-1/t9-,15?;/m1./s1. The molecule has 1 unspecified atom stereocenters. The molecule has 2 aliphatic heterocycles. The minimum atomic E-state index is -1.56. The number of carboxylic acid groups (broad SMARTS) is 1. The first kappa shape index (κ1) is 28.9. The number of amides is 2. The second-order valence-electron chi connectivity index (χ2n) is 7.28. The maximum atomic E-state index is 12.9. The Morgan fingerprint density at radius 1 is 1.38 bits per heavy atom. The number of hydrogen-bond acceptors (Lipinski definition) is 14. The number of fused-ring (bicyclic) bond motifs is 1. The van der Waals surface area contributed by atoms with Gasteiger partial charge in [0.05, 0.1) is 11.7 Å². The second-order valence-corrected chi connectivity index (χ2v) is 10.2. The van der Waals surface area contributed by atoms with Gasteiger partial charge < -0.3 is 25.8 Å². The number of aliphatic carboxylic acids is 1. The summed E-state index contributed by atoms with van der Waals surface area (Å²) in [5.74, 6) is -2.68. The summed E-state index contributed by atoms with van der Waals surface area (Å²) in [5.41, 5.74) is 3.77. The van der Waals surface area contributed by atoms with E-state index in [4.69, 9.17) is 10.6 Å². The Morgan fingerprint density at radius 3 is 2.73 bits per heavy atom. The number of nitrogens with one attached hydrogen (secondary N) is 2. The average Bonchev–Trinajstić information content (AvgIpc) is 3.27. The number of β-lactam (4-membered cyclic amide) rings is 1. The number of anilines is 1. The topological polar surface area (TPSA) is 218 Å². The van der Waals surface area contributed by atoms with Gasteiger partial charge >= 0.3 is 40.7 Å². The fraction of sp³-hybridized carbons (Fsp3) is 0.333. The van der Waals surface area contributed by atoms with Crippen LogP contribution in [0.1, 0.15) is 5.69 Å². The number of nitrogens with two attached hydrogens (primary N) is 1. The van der Waals surface area contributed by atoms with Gasteiger partial charge in [-0.05, 0) is 5.57 Å². The minimum Gasteiger partial charge on any atom is -0.543 e. The van der Waals surface area contributed by atoms with Gasteiger partial charge in [-0.1, -0.05) is 16.9 Å². The molecule has 2 aromatic heterocycles. The molecule has 1 fully saturated rings. The van der Waals surface area contributed by atoms with Crippen molar-refractivity contribution in [3.05, 3.63) is 43.1 Å². The second kappa shape index (κ2) is 11.8. The van der Waals surface area contributed by atoms with Crippen LogP contribution in [0.4, 0.5) is 5.13 Å². The first-order valence-corrected chi connectivity index (χ1v) is 12.8. The number of carbonyl (C=O) groups is 3. The number of carboxylic acids is 1. The number of aryl methyl sites for hydroxylation is 1. The van der Waals surface area contributed by atoms with Crippen molar-refractivity contribution < 1.29 is 53.9 Å². The smallest absolute Gasteiger partial charge is 0.543 e. The largest absolute Gasteiger partial charge is 1.00 e. The van der Waals surface area contributed by atoms with Crippen LogP contribution >= 0.6 is 34.9 Å². The van der Waals surface area contributed by atoms with Gasteiger partial charge in [-0.15, -0.1) is 23.1 Å². The van der Waals surface area contributed by atoms with E-state index in [9.17, 15) is 29.1 Å². The van der Waals surface area contributed by atoms with Crippen LogP contribution in [0.2, 0.25) is 0 Å². The van der Waals surface area contributed by atoms with E-state index in [1.54, 1.807) is 0 Å². The van der Waals surface area contributed by atoms with Crippen molar-refractivity contribution >= 4 is 63.5 Å². The van der Waals surface area contributed by atoms with E-state index in [1.165, 1.54) is 36.0 Å². The number of hydrogen-bond donors (Lipinski definition) is 3. The van der Waals surface area contributed by atoms with Crippen molar-refractivity contribution in [2.24, 2.45) is 12.2 Å². The molecule has 0 aromatic carbocycles. The fourth-order valence-electron chi connectivity index (χ4n) is 3.43. The first-order chi connectivity index (χ1) is 17.1. The monoisotopic (exact) mass is 576 g/mol. The van der Waals surface area contributed by atoms with E-state index in [2.05, 4.69) is 25.5 Å². The van der Waals surface area contributed by atoms with E-state index in [0.29, 0.717) is 5.57 Å². The summed E-state index contributed by atoms with van der Waals surface area (Å²) in [6.07, 6.45) is 0. The Morgan fingerprint density at radius 2 is 2.11 bits per heavy atom. The summed E-state index contributed by atoms with van der Waals surface area (Å²) in [6, 6.07) is -1.02. The zero-order valence-electron chi connectivity index (χ0n) is 19.5. The molecule has 190 valence electrons. The van der Waals surface area contributed by atoms with Gasteiger partial charge in [0, 0.05) is 23.9 Å². The third-order valence-corrected chi connectivity index (χ3v) is 8.14. The summed E-state index contributed by atoms with van der Waals surface area (Å²) < 4.78 is 1.24. The molecular formula is C18H17N8NaO7S3. The molecule has 0 radical (unpaired) electrons. The van der Waals surface area contributed by atoms with Crippen molar-refractivity contribution in [2.75, 3.05) is 24.3 Å². The van der Waals surface area contributed by atoms with Crippen molar-refractivity contribution in [3.8, 4) is 0 Å². The summed E-state index contributed by atoms with van der Waals surface area (Å²) in [4.78, 5) is 74.0. The average molecular weight is 577 g/mol. The first-order valence-electron chi connectivity index (χ1n) is 9.94. The number of oxime groups is 1. The van der Waals surface area contributed by atoms with Crippen molar-refractivity contribution in [2.45, 2.75) is 16.6 Å². The van der Waals surface area contributed by atoms with Crippen LogP contribution in [0, 0.1) is 0 Å². The summed E-state index contributed by atoms with van der Waals surface area (Å²) in [6.45, 7) is 0. The Labute approximate surface area is 242 Å². The number of thiazole rings is 1. The Balaban J connectivity index is 0.00000380. The van der Waals surface area contributed by atoms with E-state index >= 15 is 0 Å². The van der Waals surface area contributed by atoms with Gasteiger partial charge in [0.2, 0.25) is 0 Å². The van der Waals surface area contributed by atoms with E-state index in [-0.39, 0.29) is 68.5 Å². The van der Waals surface area contributed by atoms with Crippen LogP contribution in [0.3, 0.4) is 0 Å². The molecule has 0 aliphatic carbocycles. The zero-order chi connectivity index (χ0) is 26.1. The fourth-order valence-corrected chi connectivity index (χ4v) is 6.38. The van der Waals surface area contributed by atoms with Crippen molar-refractivity contribution in [1.82, 2.24) is 30.0 Å². The maximum Gasteiger partial charge on any atom is 1.00 e. The molecule has 0 saturated carbocycles. The molecule has 37 heavy (non-hydrogen) atoms. The SMILES string of the molecule is CON=C(C(=O)N[C@@H]1C(=O)N2C(C(=O)[O-])=C(CSc3nc(=O)c(=O)[nH]n3C)CSC12)c1csc(N)n1.[Na+]. The Bertz CT molecular complexity index is 1430. The number of thioether (sulfide) groups is 2. The molecule has 0 bridgehead atoms. The van der Waals surface area contributed by atoms with E-state index in [1.807, 2.05) is 0 Å². The van der Waals surface area contributed by atoms with Gasteiger partial charge in [-0.2, -0.15) is 4.98 Å². The van der Waals surface area contributed by atoms with Crippen LogP contribution in [-0.2, 0) is 26.3 Å². The molecule has 0 spiro atoms. The predicted molar refractivity (Wildman–Crippen MR) is 128 cm³/mol. The molecule has 4 N–H and O–H groups in total. The molecule has 15 nitrogen and oxygen atoms in total. The molecule has 4 rings (SSSR count).